The first-order chi connectivity index (χ1) is 13.3. The zero-order chi connectivity index (χ0) is 20.7. The predicted molar refractivity (Wildman–Crippen MR) is 106 cm³/mol. The lowest BCUT2D eigenvalue weighted by Gasteiger charge is -2.12. The van der Waals surface area contributed by atoms with Gasteiger partial charge in [0.2, 0.25) is 0 Å². The summed E-state index contributed by atoms with van der Waals surface area (Å²) in [4.78, 5) is 33.8. The molecular formula is C16H12Cl2N4O5S. The van der Waals surface area contributed by atoms with Gasteiger partial charge in [0.05, 0.1) is 15.5 Å². The van der Waals surface area contributed by atoms with E-state index in [2.05, 4.69) is 16.2 Å². The highest BCUT2D eigenvalue weighted by molar-refractivity contribution is 7.80. The number of hydrazine groups is 1. The molecule has 2 rings (SSSR count). The van der Waals surface area contributed by atoms with Gasteiger partial charge in [-0.05, 0) is 42.5 Å². The van der Waals surface area contributed by atoms with Crippen LogP contribution < -0.4 is 20.9 Å². The number of hydrogen-bond donors (Lipinski definition) is 3. The SMILES string of the molecule is O=C(COc1ccc([N+](=O)[O-])cc1)NNC(=S)NC(=O)c1ccc(Cl)cc1Cl. The van der Waals surface area contributed by atoms with Gasteiger partial charge >= 0.3 is 0 Å². The molecule has 0 saturated heterocycles. The topological polar surface area (TPSA) is 123 Å². The molecule has 0 bridgehead atoms. The lowest BCUT2D eigenvalue weighted by molar-refractivity contribution is -0.384. The summed E-state index contributed by atoms with van der Waals surface area (Å²) in [5.41, 5.74) is 4.63. The fourth-order valence-electron chi connectivity index (χ4n) is 1.85. The average Bonchev–Trinajstić information content (AvgIpc) is 2.64. The van der Waals surface area contributed by atoms with E-state index >= 15 is 0 Å². The molecule has 0 heterocycles. The molecule has 12 heteroatoms. The Morgan fingerprint density at radius 2 is 1.79 bits per heavy atom. The molecule has 0 saturated carbocycles. The van der Waals surface area contributed by atoms with Crippen LogP contribution in [0, 0.1) is 10.1 Å². The predicted octanol–water partition coefficient (Wildman–Crippen LogP) is 2.62. The zero-order valence-electron chi connectivity index (χ0n) is 13.9. The number of non-ortho nitro benzene ring substituents is 1. The summed E-state index contributed by atoms with van der Waals surface area (Å²) in [5.74, 6) is -0.913. The fourth-order valence-corrected chi connectivity index (χ4v) is 2.49. The fraction of sp³-hybridized carbons (Fsp3) is 0.0625. The molecule has 0 atom stereocenters. The summed E-state index contributed by atoms with van der Waals surface area (Å²) < 4.78 is 5.18. The highest BCUT2D eigenvalue weighted by atomic mass is 35.5. The van der Waals surface area contributed by atoms with Gasteiger partial charge in [0.15, 0.2) is 11.7 Å². The van der Waals surface area contributed by atoms with Crippen molar-refractivity contribution < 1.29 is 19.2 Å². The van der Waals surface area contributed by atoms with Crippen LogP contribution in [0.5, 0.6) is 5.75 Å². The monoisotopic (exact) mass is 442 g/mol. The van der Waals surface area contributed by atoms with Crippen LogP contribution in [-0.4, -0.2) is 28.5 Å². The van der Waals surface area contributed by atoms with Crippen molar-refractivity contribution in [3.05, 3.63) is 68.2 Å². The van der Waals surface area contributed by atoms with Gasteiger partial charge in [-0.1, -0.05) is 23.2 Å². The van der Waals surface area contributed by atoms with Crippen LogP contribution in [0.2, 0.25) is 10.0 Å². The molecule has 0 aliphatic rings. The lowest BCUT2D eigenvalue weighted by atomic mass is 10.2. The second-order valence-corrected chi connectivity index (χ2v) is 6.37. The number of benzene rings is 2. The van der Waals surface area contributed by atoms with Gasteiger partial charge in [-0.25, -0.2) is 0 Å². The van der Waals surface area contributed by atoms with E-state index in [1.807, 2.05) is 0 Å². The number of carbonyl (C=O) groups excluding carboxylic acids is 2. The molecule has 9 nitrogen and oxygen atoms in total. The molecule has 0 unspecified atom stereocenters. The molecule has 2 aromatic rings. The number of halogens is 2. The Morgan fingerprint density at radius 3 is 2.39 bits per heavy atom. The minimum Gasteiger partial charge on any atom is -0.484 e. The summed E-state index contributed by atoms with van der Waals surface area (Å²) in [5, 5.41) is 13.3. The normalized spacial score (nSPS) is 9.93. The molecular weight excluding hydrogens is 431 g/mol. The number of nitrogens with zero attached hydrogens (tertiary/aromatic N) is 1. The van der Waals surface area contributed by atoms with Crippen molar-refractivity contribution in [1.82, 2.24) is 16.2 Å². The minimum absolute atomic E-state index is 0.0969. The van der Waals surface area contributed by atoms with Crippen LogP contribution in [0.25, 0.3) is 0 Å². The van der Waals surface area contributed by atoms with E-state index in [1.165, 1.54) is 42.5 Å². The van der Waals surface area contributed by atoms with Gasteiger partial charge in [-0.2, -0.15) is 0 Å². The van der Waals surface area contributed by atoms with E-state index in [4.69, 9.17) is 40.2 Å². The molecule has 2 amide bonds. The Balaban J connectivity index is 1.76. The van der Waals surface area contributed by atoms with Crippen molar-refractivity contribution in [2.75, 3.05) is 6.61 Å². The third-order valence-electron chi connectivity index (χ3n) is 3.14. The molecule has 0 aliphatic carbocycles. The first-order valence-electron chi connectivity index (χ1n) is 7.48. The summed E-state index contributed by atoms with van der Waals surface area (Å²) in [6, 6.07) is 9.55. The first kappa shape index (κ1) is 21.4. The van der Waals surface area contributed by atoms with Gasteiger partial charge in [0, 0.05) is 17.2 Å². The van der Waals surface area contributed by atoms with Gasteiger partial charge in [0.1, 0.15) is 5.75 Å². The number of nitrogens with one attached hydrogen (secondary N) is 3. The summed E-state index contributed by atoms with van der Waals surface area (Å²) in [7, 11) is 0. The molecule has 0 radical (unpaired) electrons. The second kappa shape index (κ2) is 9.83. The van der Waals surface area contributed by atoms with E-state index in [0.29, 0.717) is 5.02 Å². The number of nitro groups is 1. The van der Waals surface area contributed by atoms with Gasteiger partial charge in [-0.3, -0.25) is 35.9 Å². The Kier molecular flexibility index (Phi) is 7.50. The van der Waals surface area contributed by atoms with Crippen molar-refractivity contribution >= 4 is 58.0 Å². The Labute approximate surface area is 174 Å². The van der Waals surface area contributed by atoms with Crippen molar-refractivity contribution in [1.29, 1.82) is 0 Å². The van der Waals surface area contributed by atoms with Gasteiger partial charge in [0.25, 0.3) is 17.5 Å². The van der Waals surface area contributed by atoms with Crippen LogP contribution in [0.3, 0.4) is 0 Å². The molecule has 0 spiro atoms. The van der Waals surface area contributed by atoms with Crippen LogP contribution in [0.15, 0.2) is 42.5 Å². The maximum absolute atomic E-state index is 12.1. The highest BCUT2D eigenvalue weighted by Crippen LogP contribution is 2.20. The Bertz CT molecular complexity index is 924. The molecule has 28 heavy (non-hydrogen) atoms. The van der Waals surface area contributed by atoms with E-state index < -0.39 is 16.7 Å². The molecule has 3 N–H and O–H groups in total. The van der Waals surface area contributed by atoms with E-state index in [1.54, 1.807) is 0 Å². The highest BCUT2D eigenvalue weighted by Gasteiger charge is 2.13. The number of nitro benzene ring substituents is 1. The van der Waals surface area contributed by atoms with Crippen molar-refractivity contribution in [2.45, 2.75) is 0 Å². The number of ether oxygens (including phenoxy) is 1. The van der Waals surface area contributed by atoms with E-state index in [9.17, 15) is 19.7 Å². The third-order valence-corrected chi connectivity index (χ3v) is 3.89. The maximum atomic E-state index is 12.1. The van der Waals surface area contributed by atoms with Crippen LogP contribution in [-0.2, 0) is 4.79 Å². The van der Waals surface area contributed by atoms with Crippen molar-refractivity contribution in [2.24, 2.45) is 0 Å². The van der Waals surface area contributed by atoms with E-state index in [-0.39, 0.29) is 33.7 Å². The Morgan fingerprint density at radius 1 is 1.11 bits per heavy atom. The zero-order valence-corrected chi connectivity index (χ0v) is 16.2. The Hall–Kier alpha value is -2.95. The second-order valence-electron chi connectivity index (χ2n) is 5.12. The standard InChI is InChI=1S/C16H12Cl2N4O5S/c17-9-1-6-12(13(18)7-9)15(24)19-16(28)21-20-14(23)8-27-11-4-2-10(3-5-11)22(25)26/h1-7H,8H2,(H,20,23)(H2,19,21,24,28). The van der Waals surface area contributed by atoms with Crippen molar-refractivity contribution in [3.8, 4) is 5.75 Å². The number of hydrogen-bond acceptors (Lipinski definition) is 6. The number of carbonyl (C=O) groups is 2. The first-order valence-corrected chi connectivity index (χ1v) is 8.65. The molecule has 2 aromatic carbocycles. The van der Waals surface area contributed by atoms with Crippen LogP contribution in [0.1, 0.15) is 10.4 Å². The molecule has 0 fully saturated rings. The summed E-state index contributed by atoms with van der Waals surface area (Å²) in [6.07, 6.45) is 0. The van der Waals surface area contributed by atoms with Gasteiger partial charge < -0.3 is 4.74 Å². The summed E-state index contributed by atoms with van der Waals surface area (Å²) in [6.45, 7) is -0.385. The maximum Gasteiger partial charge on any atom is 0.276 e. The summed E-state index contributed by atoms with van der Waals surface area (Å²) >= 11 is 16.6. The molecule has 0 aliphatic heterocycles. The third kappa shape index (κ3) is 6.34. The number of thiocarbonyl (C=S) groups is 1. The average molecular weight is 443 g/mol. The van der Waals surface area contributed by atoms with Crippen LogP contribution in [0.4, 0.5) is 5.69 Å². The molecule has 0 aromatic heterocycles. The van der Waals surface area contributed by atoms with E-state index in [0.717, 1.165) is 0 Å². The number of amides is 2. The number of rotatable bonds is 5. The van der Waals surface area contributed by atoms with Crippen LogP contribution >= 0.6 is 35.4 Å². The minimum atomic E-state index is -0.598. The lowest BCUT2D eigenvalue weighted by Crippen LogP contribution is -2.49. The van der Waals surface area contributed by atoms with Crippen molar-refractivity contribution in [3.63, 3.8) is 0 Å². The van der Waals surface area contributed by atoms with Gasteiger partial charge in [-0.15, -0.1) is 0 Å². The smallest absolute Gasteiger partial charge is 0.276 e. The largest absolute Gasteiger partial charge is 0.484 e. The quantitative estimate of drug-likeness (QED) is 0.369. The molecule has 146 valence electrons.